The van der Waals surface area contributed by atoms with Crippen molar-refractivity contribution in [2.24, 2.45) is 0 Å². The first-order valence-electron chi connectivity index (χ1n) is 11.2. The number of hydrogen-bond acceptors (Lipinski definition) is 6. The van der Waals surface area contributed by atoms with Gasteiger partial charge in [0, 0.05) is 29.7 Å². The number of benzene rings is 2. The van der Waals surface area contributed by atoms with Crippen LogP contribution < -0.4 is 10.0 Å². The van der Waals surface area contributed by atoms with E-state index >= 15 is 0 Å². The predicted molar refractivity (Wildman–Crippen MR) is 130 cm³/mol. The monoisotopic (exact) mass is 495 g/mol. The number of carbonyl (C=O) groups excluding carboxylic acids is 1. The lowest BCUT2D eigenvalue weighted by atomic mass is 10.1. The maximum atomic E-state index is 12.9. The van der Waals surface area contributed by atoms with Crippen LogP contribution in [0.15, 0.2) is 76.3 Å². The van der Waals surface area contributed by atoms with Gasteiger partial charge in [0.15, 0.2) is 0 Å². The maximum Gasteiger partial charge on any atom is 0.321 e. The zero-order valence-electron chi connectivity index (χ0n) is 18.8. The summed E-state index contributed by atoms with van der Waals surface area (Å²) < 4.78 is 33.9. The van der Waals surface area contributed by atoms with Gasteiger partial charge in [-0.15, -0.1) is 0 Å². The first-order valence-corrected chi connectivity index (χ1v) is 12.6. The number of hydrogen-bond donors (Lipinski definition) is 3. The number of aliphatic carboxylic acids is 1. The van der Waals surface area contributed by atoms with Crippen molar-refractivity contribution in [2.45, 2.75) is 36.6 Å². The molecule has 9 nitrogen and oxygen atoms in total. The minimum Gasteiger partial charge on any atom is -0.480 e. The second kappa shape index (κ2) is 10.7. The van der Waals surface area contributed by atoms with Gasteiger partial charge >= 0.3 is 5.97 Å². The summed E-state index contributed by atoms with van der Waals surface area (Å²) in [5.74, 6) is -1.42. The van der Waals surface area contributed by atoms with Crippen molar-refractivity contribution in [3.05, 3.63) is 72.6 Å². The summed E-state index contributed by atoms with van der Waals surface area (Å²) in [4.78, 5) is 27.6. The van der Waals surface area contributed by atoms with E-state index in [2.05, 4.69) is 15.0 Å². The second-order valence-electron chi connectivity index (χ2n) is 8.15. The molecular weight excluding hydrogens is 470 g/mol. The fourth-order valence-corrected chi connectivity index (χ4v) is 5.06. The lowest BCUT2D eigenvalue weighted by Crippen LogP contribution is -2.40. The van der Waals surface area contributed by atoms with Crippen LogP contribution in [0.1, 0.15) is 24.8 Å². The molecule has 1 amide bonds. The summed E-state index contributed by atoms with van der Waals surface area (Å²) in [6.07, 6.45) is 4.48. The Hall–Kier alpha value is -3.76. The molecule has 182 valence electrons. The van der Waals surface area contributed by atoms with E-state index in [0.717, 1.165) is 10.9 Å². The molecule has 35 heavy (non-hydrogen) atoms. The molecule has 10 heteroatoms. The molecule has 1 unspecified atom stereocenters. The van der Waals surface area contributed by atoms with E-state index in [-0.39, 0.29) is 23.6 Å². The SMILES string of the molecule is O=C(Cc1cccnc1)NCCCCC(NS(=O)(=O)c1ccc2oc3ccccc3c2c1)C(=O)O. The van der Waals surface area contributed by atoms with Gasteiger partial charge in [-0.05, 0) is 55.2 Å². The molecular formula is C25H25N3O6S. The summed E-state index contributed by atoms with van der Waals surface area (Å²) in [5.41, 5.74) is 1.98. The van der Waals surface area contributed by atoms with E-state index in [1.165, 1.54) is 12.1 Å². The molecule has 2 aromatic carbocycles. The Kier molecular flexibility index (Phi) is 7.42. The highest BCUT2D eigenvalue weighted by Gasteiger charge is 2.25. The molecule has 0 saturated carbocycles. The van der Waals surface area contributed by atoms with Crippen LogP contribution in [0.25, 0.3) is 21.9 Å². The van der Waals surface area contributed by atoms with Crippen LogP contribution in [0.2, 0.25) is 0 Å². The van der Waals surface area contributed by atoms with Crippen molar-refractivity contribution >= 4 is 43.8 Å². The van der Waals surface area contributed by atoms with Gasteiger partial charge < -0.3 is 14.8 Å². The first-order chi connectivity index (χ1) is 16.8. The Morgan fingerprint density at radius 1 is 1.00 bits per heavy atom. The van der Waals surface area contributed by atoms with Gasteiger partial charge in [0.25, 0.3) is 0 Å². The smallest absolute Gasteiger partial charge is 0.321 e. The number of carboxylic acid groups (broad SMARTS) is 1. The van der Waals surface area contributed by atoms with Crippen molar-refractivity contribution in [1.29, 1.82) is 0 Å². The number of rotatable bonds is 11. The van der Waals surface area contributed by atoms with Gasteiger partial charge in [0.05, 0.1) is 11.3 Å². The highest BCUT2D eigenvalue weighted by molar-refractivity contribution is 7.89. The van der Waals surface area contributed by atoms with Gasteiger partial charge in [-0.25, -0.2) is 8.42 Å². The number of carboxylic acids is 1. The highest BCUT2D eigenvalue weighted by Crippen LogP contribution is 2.30. The lowest BCUT2D eigenvalue weighted by molar-refractivity contribution is -0.139. The van der Waals surface area contributed by atoms with Crippen molar-refractivity contribution in [2.75, 3.05) is 6.54 Å². The Morgan fingerprint density at radius 2 is 1.80 bits per heavy atom. The molecule has 4 rings (SSSR count). The lowest BCUT2D eigenvalue weighted by Gasteiger charge is -2.15. The molecule has 0 spiro atoms. The molecule has 0 aliphatic carbocycles. The van der Waals surface area contributed by atoms with Crippen molar-refractivity contribution < 1.29 is 27.5 Å². The topological polar surface area (TPSA) is 139 Å². The molecule has 0 aliphatic rings. The number of furan rings is 1. The molecule has 1 atom stereocenters. The Balaban J connectivity index is 1.33. The van der Waals surface area contributed by atoms with E-state index in [1.54, 1.807) is 30.6 Å². The Morgan fingerprint density at radius 3 is 2.57 bits per heavy atom. The maximum absolute atomic E-state index is 12.9. The van der Waals surface area contributed by atoms with Crippen LogP contribution >= 0.6 is 0 Å². The van der Waals surface area contributed by atoms with E-state index in [9.17, 15) is 23.1 Å². The molecule has 4 aromatic rings. The third-order valence-electron chi connectivity index (χ3n) is 5.58. The number of sulfonamides is 1. The summed E-state index contributed by atoms with van der Waals surface area (Å²) in [5, 5.41) is 13.7. The fourth-order valence-electron chi connectivity index (χ4n) is 3.81. The zero-order chi connectivity index (χ0) is 24.8. The van der Waals surface area contributed by atoms with Crippen LogP contribution in [0.3, 0.4) is 0 Å². The highest BCUT2D eigenvalue weighted by atomic mass is 32.2. The summed E-state index contributed by atoms with van der Waals surface area (Å²) in [7, 11) is -4.08. The molecule has 0 saturated heterocycles. The second-order valence-corrected chi connectivity index (χ2v) is 9.87. The van der Waals surface area contributed by atoms with Gasteiger partial charge in [-0.1, -0.05) is 24.3 Å². The quantitative estimate of drug-likeness (QED) is 0.272. The molecule has 2 heterocycles. The van der Waals surface area contributed by atoms with Crippen molar-refractivity contribution in [3.8, 4) is 0 Å². The first kappa shape index (κ1) is 24.4. The number of nitrogens with one attached hydrogen (secondary N) is 2. The molecule has 0 radical (unpaired) electrons. The summed E-state index contributed by atoms with van der Waals surface area (Å²) in [6, 6.07) is 14.0. The van der Waals surface area contributed by atoms with Gasteiger partial charge in [-0.2, -0.15) is 4.72 Å². The molecule has 0 bridgehead atoms. The predicted octanol–water partition coefficient (Wildman–Crippen LogP) is 3.24. The number of pyridine rings is 1. The van der Waals surface area contributed by atoms with E-state index < -0.39 is 22.0 Å². The minimum absolute atomic E-state index is 0.0366. The van der Waals surface area contributed by atoms with Gasteiger partial charge in [-0.3, -0.25) is 14.6 Å². The van der Waals surface area contributed by atoms with E-state index in [1.807, 2.05) is 24.3 Å². The fraction of sp³-hybridized carbons (Fsp3) is 0.240. The number of carbonyl (C=O) groups is 2. The van der Waals surface area contributed by atoms with Gasteiger partial charge in [0.2, 0.25) is 15.9 Å². The van der Waals surface area contributed by atoms with Crippen LogP contribution in [-0.2, 0) is 26.0 Å². The number of aromatic nitrogens is 1. The van der Waals surface area contributed by atoms with Crippen LogP contribution in [0.5, 0.6) is 0 Å². The number of fused-ring (bicyclic) bond motifs is 3. The number of nitrogens with zero attached hydrogens (tertiary/aromatic N) is 1. The summed E-state index contributed by atoms with van der Waals surface area (Å²) >= 11 is 0. The van der Waals surface area contributed by atoms with E-state index in [4.69, 9.17) is 4.42 Å². The third-order valence-corrected chi connectivity index (χ3v) is 7.05. The molecule has 0 fully saturated rings. The number of para-hydroxylation sites is 1. The Bertz CT molecular complexity index is 1450. The molecule has 3 N–H and O–H groups in total. The van der Waals surface area contributed by atoms with Crippen LogP contribution in [0, 0.1) is 0 Å². The van der Waals surface area contributed by atoms with Crippen molar-refractivity contribution in [1.82, 2.24) is 15.0 Å². The van der Waals surface area contributed by atoms with Crippen molar-refractivity contribution in [3.63, 3.8) is 0 Å². The number of amides is 1. The Labute approximate surface area is 202 Å². The van der Waals surface area contributed by atoms with Crippen LogP contribution in [0.4, 0.5) is 0 Å². The van der Waals surface area contributed by atoms with Crippen LogP contribution in [-0.4, -0.2) is 43.0 Å². The average molecular weight is 496 g/mol. The molecule has 0 aliphatic heterocycles. The average Bonchev–Trinajstić information content (AvgIpc) is 3.21. The molecule has 2 aromatic heterocycles. The largest absolute Gasteiger partial charge is 0.480 e. The normalized spacial score (nSPS) is 12.6. The van der Waals surface area contributed by atoms with Gasteiger partial charge in [0.1, 0.15) is 17.2 Å². The third kappa shape index (κ3) is 6.03. The minimum atomic E-state index is -4.08. The standard InChI is InChI=1S/C25H25N3O6S/c29-24(14-17-6-5-12-26-16-17)27-13-4-3-8-21(25(30)31)28-35(32,33)18-10-11-23-20(15-18)19-7-1-2-9-22(19)34-23/h1-2,5-7,9-12,15-16,21,28H,3-4,8,13-14H2,(H,27,29)(H,30,31). The summed E-state index contributed by atoms with van der Waals surface area (Å²) in [6.45, 7) is 0.364. The number of unbranched alkanes of at least 4 members (excludes halogenated alkanes) is 1. The van der Waals surface area contributed by atoms with E-state index in [0.29, 0.717) is 35.9 Å². The zero-order valence-corrected chi connectivity index (χ0v) is 19.6.